The largest absolute Gasteiger partial charge is 0.480 e. The highest BCUT2D eigenvalue weighted by Gasteiger charge is 2.31. The SMILES string of the molecule is O=C(NC(C(=O)O)C1CCCCC1)c1ccc2ccc(-c3nc(-c4ccccc4)cs3)cc2c1. The number of aromatic nitrogens is 1. The van der Waals surface area contributed by atoms with E-state index in [9.17, 15) is 14.7 Å². The molecule has 0 spiro atoms. The van der Waals surface area contributed by atoms with E-state index in [0.717, 1.165) is 64.7 Å². The molecule has 1 amide bonds. The summed E-state index contributed by atoms with van der Waals surface area (Å²) in [6.07, 6.45) is 4.86. The van der Waals surface area contributed by atoms with Crippen LogP contribution in [0.5, 0.6) is 0 Å². The van der Waals surface area contributed by atoms with E-state index < -0.39 is 12.0 Å². The third-order valence-corrected chi connectivity index (χ3v) is 7.49. The number of carboxylic acids is 1. The van der Waals surface area contributed by atoms with Gasteiger partial charge in [-0.2, -0.15) is 0 Å². The van der Waals surface area contributed by atoms with Crippen molar-refractivity contribution in [3.05, 3.63) is 77.7 Å². The predicted molar refractivity (Wildman–Crippen MR) is 136 cm³/mol. The zero-order valence-corrected chi connectivity index (χ0v) is 19.6. The van der Waals surface area contributed by atoms with Crippen LogP contribution >= 0.6 is 11.3 Å². The Bertz CT molecular complexity index is 1330. The fraction of sp³-hybridized carbons (Fsp3) is 0.250. The Labute approximate surface area is 202 Å². The molecule has 1 fully saturated rings. The maximum Gasteiger partial charge on any atom is 0.326 e. The second-order valence-corrected chi connectivity index (χ2v) is 9.73. The lowest BCUT2D eigenvalue weighted by molar-refractivity contribution is -0.141. The van der Waals surface area contributed by atoms with E-state index in [4.69, 9.17) is 4.98 Å². The number of carboxylic acid groups (broad SMARTS) is 1. The first kappa shape index (κ1) is 22.3. The van der Waals surface area contributed by atoms with Gasteiger partial charge in [-0.15, -0.1) is 11.3 Å². The van der Waals surface area contributed by atoms with E-state index in [-0.39, 0.29) is 11.8 Å². The van der Waals surface area contributed by atoms with Crippen LogP contribution in [0.4, 0.5) is 0 Å². The van der Waals surface area contributed by atoms with E-state index in [1.54, 1.807) is 17.4 Å². The molecule has 6 heteroatoms. The average Bonchev–Trinajstić information content (AvgIpc) is 3.38. The van der Waals surface area contributed by atoms with E-state index in [0.29, 0.717) is 5.56 Å². The van der Waals surface area contributed by atoms with Crippen LogP contribution in [-0.2, 0) is 4.79 Å². The van der Waals surface area contributed by atoms with E-state index in [2.05, 4.69) is 10.7 Å². The normalized spacial score (nSPS) is 15.2. The number of carbonyl (C=O) groups excluding carboxylic acids is 1. The van der Waals surface area contributed by atoms with Crippen molar-refractivity contribution in [2.45, 2.75) is 38.1 Å². The number of rotatable bonds is 6. The fourth-order valence-corrected chi connectivity index (χ4v) is 5.57. The zero-order chi connectivity index (χ0) is 23.5. The lowest BCUT2D eigenvalue weighted by atomic mass is 9.84. The Kier molecular flexibility index (Phi) is 6.41. The lowest BCUT2D eigenvalue weighted by Crippen LogP contribution is -2.46. The average molecular weight is 471 g/mol. The molecule has 5 rings (SSSR count). The van der Waals surface area contributed by atoms with Crippen LogP contribution in [-0.4, -0.2) is 28.0 Å². The summed E-state index contributed by atoms with van der Waals surface area (Å²) < 4.78 is 0. The highest BCUT2D eigenvalue weighted by atomic mass is 32.1. The Hall–Kier alpha value is -3.51. The molecule has 0 bridgehead atoms. The zero-order valence-electron chi connectivity index (χ0n) is 18.7. The molecular formula is C28H26N2O3S. The van der Waals surface area contributed by atoms with Crippen LogP contribution in [0.2, 0.25) is 0 Å². The van der Waals surface area contributed by atoms with Gasteiger partial charge in [0, 0.05) is 22.1 Å². The van der Waals surface area contributed by atoms with Crippen molar-refractivity contribution in [3.8, 4) is 21.8 Å². The molecule has 34 heavy (non-hydrogen) atoms. The molecule has 3 aromatic carbocycles. The van der Waals surface area contributed by atoms with Gasteiger partial charge in [0.15, 0.2) is 0 Å². The topological polar surface area (TPSA) is 79.3 Å². The number of benzene rings is 3. The number of amides is 1. The van der Waals surface area contributed by atoms with Gasteiger partial charge in [0.05, 0.1) is 5.69 Å². The van der Waals surface area contributed by atoms with Crippen LogP contribution in [0.3, 0.4) is 0 Å². The van der Waals surface area contributed by atoms with Crippen molar-refractivity contribution in [2.24, 2.45) is 5.92 Å². The number of hydrogen-bond acceptors (Lipinski definition) is 4. The Morgan fingerprint density at radius 1 is 0.912 bits per heavy atom. The van der Waals surface area contributed by atoms with Gasteiger partial charge in [0.2, 0.25) is 0 Å². The third kappa shape index (κ3) is 4.73. The molecule has 1 aliphatic carbocycles. The maximum absolute atomic E-state index is 13.0. The molecule has 1 aromatic heterocycles. The number of hydrogen-bond donors (Lipinski definition) is 2. The van der Waals surface area contributed by atoms with E-state index in [1.165, 1.54) is 0 Å². The van der Waals surface area contributed by atoms with Crippen LogP contribution in [0.1, 0.15) is 42.5 Å². The minimum atomic E-state index is -0.957. The summed E-state index contributed by atoms with van der Waals surface area (Å²) in [5.74, 6) is -1.31. The molecule has 2 N–H and O–H groups in total. The Morgan fingerprint density at radius 2 is 1.68 bits per heavy atom. The molecule has 0 radical (unpaired) electrons. The van der Waals surface area contributed by atoms with Crippen LogP contribution in [0.15, 0.2) is 72.1 Å². The highest BCUT2D eigenvalue weighted by molar-refractivity contribution is 7.13. The number of thiazole rings is 1. The van der Waals surface area contributed by atoms with Crippen molar-refractivity contribution in [1.82, 2.24) is 10.3 Å². The molecule has 0 saturated heterocycles. The Balaban J connectivity index is 1.39. The van der Waals surface area contributed by atoms with E-state index >= 15 is 0 Å². The predicted octanol–water partition coefficient (Wildman–Crippen LogP) is 6.39. The number of carbonyl (C=O) groups is 2. The molecule has 1 unspecified atom stereocenters. The van der Waals surface area contributed by atoms with Crippen LogP contribution in [0, 0.1) is 5.92 Å². The molecular weight excluding hydrogens is 444 g/mol. The molecule has 1 heterocycles. The minimum absolute atomic E-state index is 0.00836. The minimum Gasteiger partial charge on any atom is -0.480 e. The van der Waals surface area contributed by atoms with Gasteiger partial charge in [-0.25, -0.2) is 9.78 Å². The Morgan fingerprint density at radius 3 is 2.44 bits per heavy atom. The van der Waals surface area contributed by atoms with Crippen LogP contribution in [0.25, 0.3) is 32.6 Å². The number of fused-ring (bicyclic) bond motifs is 1. The molecule has 5 nitrogen and oxygen atoms in total. The lowest BCUT2D eigenvalue weighted by Gasteiger charge is -2.28. The summed E-state index contributed by atoms with van der Waals surface area (Å²) >= 11 is 1.59. The number of nitrogens with one attached hydrogen (secondary N) is 1. The first-order valence-electron chi connectivity index (χ1n) is 11.7. The standard InChI is InChI=1S/C28H26N2O3S/c31-26(30-25(28(32)33)20-9-5-2-6-10-20)21-13-11-18-12-14-22(16-23(18)15-21)27-29-24(17-34-27)19-7-3-1-4-8-19/h1,3-4,7-8,11-17,20,25H,2,5-6,9-10H2,(H,30,31)(H,32,33). The summed E-state index contributed by atoms with van der Waals surface area (Å²) in [5.41, 5.74) is 3.48. The highest BCUT2D eigenvalue weighted by Crippen LogP contribution is 2.31. The molecule has 1 saturated carbocycles. The summed E-state index contributed by atoms with van der Waals surface area (Å²) in [6, 6.07) is 20.8. The maximum atomic E-state index is 13.0. The summed E-state index contributed by atoms with van der Waals surface area (Å²) in [5, 5.41) is 17.4. The van der Waals surface area contributed by atoms with Crippen molar-refractivity contribution in [2.75, 3.05) is 0 Å². The van der Waals surface area contributed by atoms with Gasteiger partial charge >= 0.3 is 5.97 Å². The number of aliphatic carboxylic acids is 1. The first-order chi connectivity index (χ1) is 16.6. The van der Waals surface area contributed by atoms with Gasteiger partial charge in [-0.3, -0.25) is 4.79 Å². The van der Waals surface area contributed by atoms with Gasteiger partial charge in [-0.05, 0) is 47.7 Å². The quantitative estimate of drug-likeness (QED) is 0.342. The van der Waals surface area contributed by atoms with Gasteiger partial charge in [0.25, 0.3) is 5.91 Å². The monoisotopic (exact) mass is 470 g/mol. The second-order valence-electron chi connectivity index (χ2n) is 8.87. The van der Waals surface area contributed by atoms with Gasteiger partial charge < -0.3 is 10.4 Å². The van der Waals surface area contributed by atoms with Gasteiger partial charge in [-0.1, -0.05) is 67.8 Å². The second kappa shape index (κ2) is 9.77. The molecule has 1 atom stereocenters. The van der Waals surface area contributed by atoms with E-state index in [1.807, 2.05) is 60.7 Å². The van der Waals surface area contributed by atoms with Crippen molar-refractivity contribution < 1.29 is 14.7 Å². The smallest absolute Gasteiger partial charge is 0.326 e. The molecule has 1 aliphatic rings. The molecule has 4 aromatic rings. The summed E-state index contributed by atoms with van der Waals surface area (Å²) in [7, 11) is 0. The summed E-state index contributed by atoms with van der Waals surface area (Å²) in [4.78, 5) is 29.6. The van der Waals surface area contributed by atoms with Crippen molar-refractivity contribution in [1.29, 1.82) is 0 Å². The van der Waals surface area contributed by atoms with Crippen LogP contribution < -0.4 is 5.32 Å². The number of nitrogens with zero attached hydrogens (tertiary/aromatic N) is 1. The first-order valence-corrected chi connectivity index (χ1v) is 12.6. The molecule has 172 valence electrons. The fourth-order valence-electron chi connectivity index (χ4n) is 4.74. The third-order valence-electron chi connectivity index (χ3n) is 6.60. The van der Waals surface area contributed by atoms with Crippen molar-refractivity contribution in [3.63, 3.8) is 0 Å². The molecule has 0 aliphatic heterocycles. The van der Waals surface area contributed by atoms with Crippen molar-refractivity contribution >= 4 is 34.0 Å². The van der Waals surface area contributed by atoms with Gasteiger partial charge in [0.1, 0.15) is 11.0 Å². The summed E-state index contributed by atoms with van der Waals surface area (Å²) in [6.45, 7) is 0.